The molecule has 0 radical (unpaired) electrons. The fourth-order valence-corrected chi connectivity index (χ4v) is 6.39. The number of benzene rings is 8. The van der Waals surface area contributed by atoms with Crippen molar-refractivity contribution in [2.45, 2.75) is 0 Å². The van der Waals surface area contributed by atoms with Crippen molar-refractivity contribution in [2.24, 2.45) is 0 Å². The Kier molecular flexibility index (Phi) is 5.26. The Bertz CT molecular complexity index is 2740. The SMILES string of the molecule is [2H]c1c([2H])c(N(c2ccc(-c3cccc4c3oc3ccccc34)cc2)c2ccc3ccccc3c2)c([2H])c([2H])c1-c1ccc2ccccc2c1. The van der Waals surface area contributed by atoms with Crippen molar-refractivity contribution in [3.63, 3.8) is 0 Å². The number of anilines is 3. The van der Waals surface area contributed by atoms with Crippen molar-refractivity contribution in [3.05, 3.63) is 176 Å². The molecule has 0 unspecified atom stereocenters. The number of furan rings is 1. The highest BCUT2D eigenvalue weighted by atomic mass is 16.3. The zero-order valence-corrected chi connectivity index (χ0v) is 24.8. The molecule has 9 aromatic rings. The van der Waals surface area contributed by atoms with E-state index in [4.69, 9.17) is 4.42 Å². The number of rotatable bonds is 5. The molecule has 0 aliphatic heterocycles. The fraction of sp³-hybridized carbons (Fsp3) is 0. The Labute approximate surface area is 273 Å². The second-order valence-electron chi connectivity index (χ2n) is 11.5. The second kappa shape index (κ2) is 10.8. The van der Waals surface area contributed by atoms with Gasteiger partial charge in [0.15, 0.2) is 0 Å². The summed E-state index contributed by atoms with van der Waals surface area (Å²) in [5.41, 5.74) is 6.13. The molecule has 8 aromatic carbocycles. The normalized spacial score (nSPS) is 12.7. The highest BCUT2D eigenvalue weighted by molar-refractivity contribution is 6.09. The highest BCUT2D eigenvalue weighted by Crippen LogP contribution is 2.40. The standard InChI is InChI=1S/C44H29NO/c1-3-10-34-28-36(17-16-30(34)8-1)32-18-23-37(24-19-32)45(39-27-20-31-9-2-4-11-35(31)29-39)38-25-21-33(22-26-38)40-13-7-14-42-41-12-5-6-15-43(41)46-44(40)42/h1-29H/i18D,19D,23D,24D. The van der Waals surface area contributed by atoms with E-state index < -0.39 is 0 Å². The van der Waals surface area contributed by atoms with E-state index in [1.165, 1.54) is 0 Å². The van der Waals surface area contributed by atoms with Gasteiger partial charge in [0.25, 0.3) is 0 Å². The largest absolute Gasteiger partial charge is 0.455 e. The molecule has 1 aromatic heterocycles. The van der Waals surface area contributed by atoms with Crippen LogP contribution in [0.3, 0.4) is 0 Å². The maximum Gasteiger partial charge on any atom is 0.143 e. The predicted molar refractivity (Wildman–Crippen MR) is 194 cm³/mol. The van der Waals surface area contributed by atoms with Crippen LogP contribution in [0.4, 0.5) is 17.1 Å². The molecule has 0 atom stereocenters. The van der Waals surface area contributed by atoms with Crippen LogP contribution in [0.5, 0.6) is 0 Å². The van der Waals surface area contributed by atoms with Crippen molar-refractivity contribution in [1.29, 1.82) is 0 Å². The summed E-state index contributed by atoms with van der Waals surface area (Å²) in [6.07, 6.45) is 0. The van der Waals surface area contributed by atoms with Gasteiger partial charge < -0.3 is 9.32 Å². The predicted octanol–water partition coefficient (Wildman–Crippen LogP) is 12.7. The molecule has 1 heterocycles. The third kappa shape index (κ3) is 4.51. The van der Waals surface area contributed by atoms with Crippen molar-refractivity contribution < 1.29 is 9.90 Å². The summed E-state index contributed by atoms with van der Waals surface area (Å²) < 4.78 is 43.4. The highest BCUT2D eigenvalue weighted by Gasteiger charge is 2.16. The fourth-order valence-electron chi connectivity index (χ4n) is 6.39. The summed E-state index contributed by atoms with van der Waals surface area (Å²) in [5, 5.41) is 6.21. The maximum atomic E-state index is 9.35. The van der Waals surface area contributed by atoms with E-state index in [2.05, 4.69) is 18.2 Å². The van der Waals surface area contributed by atoms with E-state index in [0.29, 0.717) is 11.3 Å². The number of hydrogen-bond acceptors (Lipinski definition) is 2. The lowest BCUT2D eigenvalue weighted by atomic mass is 10.0. The number of fused-ring (bicyclic) bond motifs is 5. The van der Waals surface area contributed by atoms with Crippen LogP contribution in [-0.2, 0) is 0 Å². The van der Waals surface area contributed by atoms with E-state index in [1.54, 1.807) is 0 Å². The van der Waals surface area contributed by atoms with Gasteiger partial charge in [-0.1, -0.05) is 127 Å². The third-order valence-corrected chi connectivity index (χ3v) is 8.71. The average molecular weight is 592 g/mol. The Morgan fingerprint density at radius 1 is 0.413 bits per heavy atom. The van der Waals surface area contributed by atoms with Gasteiger partial charge in [0.05, 0.1) is 5.48 Å². The molecule has 2 heteroatoms. The van der Waals surface area contributed by atoms with Crippen LogP contribution < -0.4 is 4.90 Å². The zero-order chi connectivity index (χ0) is 33.9. The van der Waals surface area contributed by atoms with Crippen molar-refractivity contribution >= 4 is 60.5 Å². The number of para-hydroxylation sites is 2. The average Bonchev–Trinajstić information content (AvgIpc) is 3.55. The maximum absolute atomic E-state index is 9.35. The summed E-state index contributed by atoms with van der Waals surface area (Å²) in [6, 6.07) is 49.5. The number of nitrogens with zero attached hydrogens (tertiary/aromatic N) is 1. The van der Waals surface area contributed by atoms with E-state index >= 15 is 0 Å². The number of hydrogen-bond donors (Lipinski definition) is 0. The molecule has 0 spiro atoms. The van der Waals surface area contributed by atoms with E-state index in [9.17, 15) is 5.48 Å². The molecule has 0 fully saturated rings. The minimum Gasteiger partial charge on any atom is -0.455 e. The molecule has 9 rings (SSSR count). The summed E-state index contributed by atoms with van der Waals surface area (Å²) in [4.78, 5) is 1.84. The topological polar surface area (TPSA) is 16.4 Å². The quantitative estimate of drug-likeness (QED) is 0.198. The molecule has 216 valence electrons. The Hall–Kier alpha value is -6.12. The monoisotopic (exact) mass is 591 g/mol. The molecule has 2 nitrogen and oxygen atoms in total. The van der Waals surface area contributed by atoms with Gasteiger partial charge in [0.1, 0.15) is 11.2 Å². The smallest absolute Gasteiger partial charge is 0.143 e. The Morgan fingerprint density at radius 2 is 1.02 bits per heavy atom. The van der Waals surface area contributed by atoms with Gasteiger partial charge in [0, 0.05) is 33.4 Å². The lowest BCUT2D eigenvalue weighted by Crippen LogP contribution is -2.09. The van der Waals surface area contributed by atoms with Crippen LogP contribution >= 0.6 is 0 Å². The lowest BCUT2D eigenvalue weighted by Gasteiger charge is -2.26. The van der Waals surface area contributed by atoms with Crippen LogP contribution in [0.25, 0.3) is 65.7 Å². The molecule has 0 saturated carbocycles. The molecule has 0 amide bonds. The molecule has 0 aliphatic rings. The van der Waals surface area contributed by atoms with E-state index in [1.807, 2.05) is 138 Å². The summed E-state index contributed by atoms with van der Waals surface area (Å²) >= 11 is 0. The molecule has 0 saturated heterocycles. The molecule has 0 N–H and O–H groups in total. The first-order valence-electron chi connectivity index (χ1n) is 17.4. The van der Waals surface area contributed by atoms with Gasteiger partial charge in [-0.15, -0.1) is 0 Å². The van der Waals surface area contributed by atoms with E-state index in [-0.39, 0.29) is 35.4 Å². The summed E-state index contributed by atoms with van der Waals surface area (Å²) in [5.74, 6) is 0. The molecular formula is C44H29NO. The van der Waals surface area contributed by atoms with Gasteiger partial charge in [-0.25, -0.2) is 0 Å². The minimum atomic E-state index is -0.113. The van der Waals surface area contributed by atoms with Crippen molar-refractivity contribution in [1.82, 2.24) is 0 Å². The van der Waals surface area contributed by atoms with Gasteiger partial charge in [-0.3, -0.25) is 0 Å². The van der Waals surface area contributed by atoms with Crippen LogP contribution in [-0.4, -0.2) is 0 Å². The first kappa shape index (κ1) is 22.4. The van der Waals surface area contributed by atoms with Crippen LogP contribution in [0, 0.1) is 0 Å². The van der Waals surface area contributed by atoms with Crippen LogP contribution in [0.2, 0.25) is 0 Å². The van der Waals surface area contributed by atoms with Crippen molar-refractivity contribution in [2.75, 3.05) is 4.90 Å². The van der Waals surface area contributed by atoms with Gasteiger partial charge in [-0.05, 0) is 86.7 Å². The van der Waals surface area contributed by atoms with Crippen LogP contribution in [0.1, 0.15) is 5.48 Å². The Morgan fingerprint density at radius 3 is 1.80 bits per heavy atom. The molecule has 0 aliphatic carbocycles. The molecule has 46 heavy (non-hydrogen) atoms. The molecular weight excluding hydrogens is 558 g/mol. The zero-order valence-electron chi connectivity index (χ0n) is 28.8. The molecule has 0 bridgehead atoms. The van der Waals surface area contributed by atoms with Gasteiger partial charge >= 0.3 is 0 Å². The minimum absolute atomic E-state index is 0.0877. The van der Waals surface area contributed by atoms with E-state index in [0.717, 1.165) is 60.3 Å². The van der Waals surface area contributed by atoms with Crippen molar-refractivity contribution in [3.8, 4) is 22.3 Å². The first-order chi connectivity index (χ1) is 24.5. The third-order valence-electron chi connectivity index (χ3n) is 8.71. The summed E-state index contributed by atoms with van der Waals surface area (Å²) in [7, 11) is 0. The first-order valence-corrected chi connectivity index (χ1v) is 15.4. The summed E-state index contributed by atoms with van der Waals surface area (Å²) in [6.45, 7) is 0. The van der Waals surface area contributed by atoms with Gasteiger partial charge in [-0.2, -0.15) is 0 Å². The lowest BCUT2D eigenvalue weighted by molar-refractivity contribution is 0.670. The second-order valence-corrected chi connectivity index (χ2v) is 11.5. The van der Waals surface area contributed by atoms with Gasteiger partial charge in [0.2, 0.25) is 0 Å². The van der Waals surface area contributed by atoms with Crippen LogP contribution in [0.15, 0.2) is 180 Å². The Balaban J connectivity index is 1.22.